The summed E-state index contributed by atoms with van der Waals surface area (Å²) in [5, 5.41) is 0.586. The number of hydrogen-bond acceptors (Lipinski definition) is 1. The van der Waals surface area contributed by atoms with Gasteiger partial charge in [0.1, 0.15) is 0 Å². The van der Waals surface area contributed by atoms with E-state index in [4.69, 9.17) is 11.6 Å². The summed E-state index contributed by atoms with van der Waals surface area (Å²) in [5.74, 6) is 0.0164. The van der Waals surface area contributed by atoms with Crippen molar-refractivity contribution >= 4 is 40.0 Å². The highest BCUT2D eigenvalue weighted by molar-refractivity contribution is 14.1. The maximum absolute atomic E-state index is 12.6. The van der Waals surface area contributed by atoms with Gasteiger partial charge < -0.3 is 0 Å². The van der Waals surface area contributed by atoms with Gasteiger partial charge in [0.05, 0.1) is 0 Å². The van der Waals surface area contributed by atoms with E-state index in [-0.39, 0.29) is 11.2 Å². The van der Waals surface area contributed by atoms with Crippen LogP contribution in [0.3, 0.4) is 0 Å². The van der Waals surface area contributed by atoms with Crippen LogP contribution >= 0.6 is 34.2 Å². The van der Waals surface area contributed by atoms with E-state index in [9.17, 15) is 4.79 Å². The number of benzene rings is 2. The molecule has 0 atom stereocenters. The standard InChI is InChI=1S/C18H18ClIO/c1-4-18(2,3)13-7-5-12(6-8-13)17(21)15-11-14(19)9-10-16(15)20/h5-11H,4H2,1-3H3. The van der Waals surface area contributed by atoms with E-state index in [2.05, 4.69) is 43.4 Å². The number of hydrogen-bond donors (Lipinski definition) is 0. The Morgan fingerprint density at radius 1 is 1.14 bits per heavy atom. The monoisotopic (exact) mass is 412 g/mol. The third kappa shape index (κ3) is 3.67. The van der Waals surface area contributed by atoms with Crippen molar-refractivity contribution in [2.45, 2.75) is 32.6 Å². The number of halogens is 2. The van der Waals surface area contributed by atoms with E-state index < -0.39 is 0 Å². The van der Waals surface area contributed by atoms with Crippen molar-refractivity contribution in [2.75, 3.05) is 0 Å². The largest absolute Gasteiger partial charge is 0.289 e. The third-order valence-electron chi connectivity index (χ3n) is 3.99. The van der Waals surface area contributed by atoms with Gasteiger partial charge in [0.15, 0.2) is 5.78 Å². The lowest BCUT2D eigenvalue weighted by atomic mass is 9.82. The molecule has 0 fully saturated rings. The molecule has 0 saturated heterocycles. The van der Waals surface area contributed by atoms with E-state index in [0.29, 0.717) is 16.1 Å². The smallest absolute Gasteiger partial charge is 0.194 e. The van der Waals surface area contributed by atoms with E-state index in [1.165, 1.54) is 5.56 Å². The fourth-order valence-electron chi connectivity index (χ4n) is 2.10. The molecule has 0 radical (unpaired) electrons. The van der Waals surface area contributed by atoms with Gasteiger partial charge in [-0.2, -0.15) is 0 Å². The highest BCUT2D eigenvalue weighted by Crippen LogP contribution is 2.27. The van der Waals surface area contributed by atoms with Crippen LogP contribution in [0.2, 0.25) is 5.02 Å². The maximum atomic E-state index is 12.6. The SMILES string of the molecule is CCC(C)(C)c1ccc(C(=O)c2cc(Cl)ccc2I)cc1. The fraction of sp³-hybridized carbons (Fsp3) is 0.278. The average molecular weight is 413 g/mol. The van der Waals surface area contributed by atoms with Gasteiger partial charge in [-0.05, 0) is 58.2 Å². The van der Waals surface area contributed by atoms with E-state index in [1.54, 1.807) is 12.1 Å². The number of carbonyl (C=O) groups is 1. The highest BCUT2D eigenvalue weighted by atomic mass is 127. The van der Waals surface area contributed by atoms with Gasteiger partial charge in [-0.25, -0.2) is 0 Å². The minimum atomic E-state index is 0.0164. The zero-order valence-electron chi connectivity index (χ0n) is 12.4. The molecule has 2 rings (SSSR count). The molecule has 0 spiro atoms. The van der Waals surface area contributed by atoms with Crippen LogP contribution in [0.5, 0.6) is 0 Å². The summed E-state index contributed by atoms with van der Waals surface area (Å²) in [5.41, 5.74) is 2.74. The van der Waals surface area contributed by atoms with Gasteiger partial charge in [-0.3, -0.25) is 4.79 Å². The van der Waals surface area contributed by atoms with Crippen LogP contribution in [0.1, 0.15) is 48.7 Å². The second kappa shape index (κ2) is 6.49. The molecule has 110 valence electrons. The van der Waals surface area contributed by atoms with Crippen molar-refractivity contribution in [3.05, 3.63) is 67.7 Å². The second-order valence-corrected chi connectivity index (χ2v) is 7.37. The van der Waals surface area contributed by atoms with Crippen LogP contribution in [0.15, 0.2) is 42.5 Å². The van der Waals surface area contributed by atoms with Crippen molar-refractivity contribution in [1.82, 2.24) is 0 Å². The molecule has 0 bridgehead atoms. The first kappa shape index (κ1) is 16.5. The zero-order valence-corrected chi connectivity index (χ0v) is 15.3. The van der Waals surface area contributed by atoms with E-state index in [1.807, 2.05) is 30.3 Å². The molecule has 0 aliphatic carbocycles. The lowest BCUT2D eigenvalue weighted by Gasteiger charge is -2.23. The Morgan fingerprint density at radius 2 is 1.76 bits per heavy atom. The van der Waals surface area contributed by atoms with Crippen molar-refractivity contribution < 1.29 is 4.79 Å². The fourth-order valence-corrected chi connectivity index (χ4v) is 2.86. The minimum absolute atomic E-state index is 0.0164. The third-order valence-corrected chi connectivity index (χ3v) is 5.16. The predicted octanol–water partition coefficient (Wildman–Crippen LogP) is 5.86. The Morgan fingerprint density at radius 3 is 2.33 bits per heavy atom. The van der Waals surface area contributed by atoms with E-state index >= 15 is 0 Å². The molecule has 0 amide bonds. The summed E-state index contributed by atoms with van der Waals surface area (Å²) in [6, 6.07) is 13.3. The molecule has 2 aromatic rings. The molecule has 2 aromatic carbocycles. The number of carbonyl (C=O) groups excluding carboxylic acids is 1. The van der Waals surface area contributed by atoms with Gasteiger partial charge >= 0.3 is 0 Å². The van der Waals surface area contributed by atoms with Gasteiger partial charge in [0.25, 0.3) is 0 Å². The molecule has 1 nitrogen and oxygen atoms in total. The molecule has 0 aliphatic heterocycles. The Kier molecular flexibility index (Phi) is 5.10. The molecule has 21 heavy (non-hydrogen) atoms. The van der Waals surface area contributed by atoms with Gasteiger partial charge in [-0.15, -0.1) is 0 Å². The normalized spacial score (nSPS) is 11.5. The molecule has 0 aliphatic rings. The Balaban J connectivity index is 2.35. The van der Waals surface area contributed by atoms with Gasteiger partial charge in [-0.1, -0.05) is 56.6 Å². The van der Waals surface area contributed by atoms with Crippen molar-refractivity contribution in [3.8, 4) is 0 Å². The molecular weight excluding hydrogens is 395 g/mol. The topological polar surface area (TPSA) is 17.1 Å². The summed E-state index contributed by atoms with van der Waals surface area (Å²) in [4.78, 5) is 12.6. The van der Waals surface area contributed by atoms with Crippen LogP contribution in [-0.2, 0) is 5.41 Å². The molecule has 0 N–H and O–H groups in total. The molecule has 0 heterocycles. The van der Waals surface area contributed by atoms with Crippen LogP contribution in [0.4, 0.5) is 0 Å². The number of ketones is 1. The van der Waals surface area contributed by atoms with Crippen molar-refractivity contribution in [2.24, 2.45) is 0 Å². The summed E-state index contributed by atoms with van der Waals surface area (Å²) in [6.07, 6.45) is 1.06. The first-order valence-corrected chi connectivity index (χ1v) is 8.41. The summed E-state index contributed by atoms with van der Waals surface area (Å²) < 4.78 is 0.917. The first-order chi connectivity index (χ1) is 9.85. The second-order valence-electron chi connectivity index (χ2n) is 5.77. The predicted molar refractivity (Wildman–Crippen MR) is 97.4 cm³/mol. The average Bonchev–Trinajstić information content (AvgIpc) is 2.49. The molecule has 0 saturated carbocycles. The Bertz CT molecular complexity index is 659. The van der Waals surface area contributed by atoms with E-state index in [0.717, 1.165) is 9.99 Å². The van der Waals surface area contributed by atoms with Crippen molar-refractivity contribution in [3.63, 3.8) is 0 Å². The maximum Gasteiger partial charge on any atom is 0.194 e. The van der Waals surface area contributed by atoms with Gasteiger partial charge in [0.2, 0.25) is 0 Å². The lowest BCUT2D eigenvalue weighted by Crippen LogP contribution is -2.15. The molecular formula is C18H18ClIO. The Labute approximate surface area is 144 Å². The molecule has 0 unspecified atom stereocenters. The highest BCUT2D eigenvalue weighted by Gasteiger charge is 2.19. The summed E-state index contributed by atoms with van der Waals surface area (Å²) >= 11 is 8.16. The molecule has 3 heteroatoms. The van der Waals surface area contributed by atoms with Crippen LogP contribution in [0.25, 0.3) is 0 Å². The summed E-state index contributed by atoms with van der Waals surface area (Å²) in [6.45, 7) is 6.60. The lowest BCUT2D eigenvalue weighted by molar-refractivity contribution is 0.103. The van der Waals surface area contributed by atoms with Gasteiger partial charge in [0, 0.05) is 19.7 Å². The van der Waals surface area contributed by atoms with Crippen LogP contribution in [0, 0.1) is 3.57 Å². The molecule has 0 aromatic heterocycles. The zero-order chi connectivity index (χ0) is 15.6. The summed E-state index contributed by atoms with van der Waals surface area (Å²) in [7, 11) is 0. The van der Waals surface area contributed by atoms with Crippen molar-refractivity contribution in [1.29, 1.82) is 0 Å². The van der Waals surface area contributed by atoms with Crippen LogP contribution < -0.4 is 0 Å². The Hall–Kier alpha value is -0.870. The minimum Gasteiger partial charge on any atom is -0.289 e. The number of rotatable bonds is 4. The quantitative estimate of drug-likeness (QED) is 0.454. The first-order valence-electron chi connectivity index (χ1n) is 6.95. The van der Waals surface area contributed by atoms with Crippen LogP contribution in [-0.4, -0.2) is 5.78 Å².